The first-order valence-electron chi connectivity index (χ1n) is 7.80. The summed E-state index contributed by atoms with van der Waals surface area (Å²) in [6, 6.07) is 17.1. The van der Waals surface area contributed by atoms with E-state index >= 15 is 0 Å². The molecule has 2 aromatic carbocycles. The molecule has 0 fully saturated rings. The van der Waals surface area contributed by atoms with E-state index in [0.717, 1.165) is 16.6 Å². The average molecular weight is 329 g/mol. The predicted molar refractivity (Wildman–Crippen MR) is 98.0 cm³/mol. The fraction of sp³-hybridized carbons (Fsp3) is 0. The van der Waals surface area contributed by atoms with Gasteiger partial charge < -0.3 is 10.6 Å². The van der Waals surface area contributed by atoms with Crippen molar-refractivity contribution in [2.75, 3.05) is 10.6 Å². The molecule has 25 heavy (non-hydrogen) atoms. The number of para-hydroxylation sites is 1. The smallest absolute Gasteiger partial charge is 0.259 e. The molecule has 0 unspecified atom stereocenters. The zero-order chi connectivity index (χ0) is 17.1. The van der Waals surface area contributed by atoms with E-state index in [1.165, 1.54) is 0 Å². The Hall–Kier alpha value is -3.67. The second-order valence-corrected chi connectivity index (χ2v) is 5.54. The number of amides is 1. The molecule has 0 atom stereocenters. The van der Waals surface area contributed by atoms with Gasteiger partial charge in [0.25, 0.3) is 5.91 Å². The summed E-state index contributed by atoms with van der Waals surface area (Å²) < 4.78 is 0. The number of carbonyl (C=O) groups excluding carboxylic acids is 1. The Balaban J connectivity index is 1.59. The van der Waals surface area contributed by atoms with Gasteiger partial charge in [-0.25, -0.2) is 0 Å². The molecular formula is C19H15N5O. The monoisotopic (exact) mass is 329 g/mol. The summed E-state index contributed by atoms with van der Waals surface area (Å²) in [4.78, 5) is 16.8. The Labute approximate surface area is 143 Å². The lowest BCUT2D eigenvalue weighted by molar-refractivity contribution is 0.102. The van der Waals surface area contributed by atoms with Crippen molar-refractivity contribution in [1.29, 1.82) is 0 Å². The molecule has 2 aromatic heterocycles. The van der Waals surface area contributed by atoms with Crippen LogP contribution in [0, 0.1) is 0 Å². The van der Waals surface area contributed by atoms with E-state index < -0.39 is 0 Å². The third kappa shape index (κ3) is 3.18. The van der Waals surface area contributed by atoms with Crippen LogP contribution in [0.15, 0.2) is 73.2 Å². The molecular weight excluding hydrogens is 314 g/mol. The molecule has 0 aliphatic carbocycles. The number of pyridine rings is 1. The second kappa shape index (κ2) is 6.45. The molecule has 0 aliphatic rings. The maximum Gasteiger partial charge on any atom is 0.259 e. The van der Waals surface area contributed by atoms with E-state index in [-0.39, 0.29) is 5.91 Å². The quantitative estimate of drug-likeness (QED) is 0.529. The van der Waals surface area contributed by atoms with Crippen molar-refractivity contribution in [3.05, 3.63) is 78.8 Å². The summed E-state index contributed by atoms with van der Waals surface area (Å²) in [6.45, 7) is 0. The van der Waals surface area contributed by atoms with Crippen LogP contribution in [0.3, 0.4) is 0 Å². The predicted octanol–water partition coefficient (Wildman–Crippen LogP) is 3.95. The number of fused-ring (bicyclic) bond motifs is 1. The van der Waals surface area contributed by atoms with Crippen LogP contribution < -0.4 is 10.6 Å². The lowest BCUT2D eigenvalue weighted by Crippen LogP contribution is -2.14. The number of rotatable bonds is 4. The van der Waals surface area contributed by atoms with Crippen molar-refractivity contribution < 1.29 is 4.79 Å². The van der Waals surface area contributed by atoms with Crippen molar-refractivity contribution in [2.45, 2.75) is 0 Å². The number of H-pyrrole nitrogens is 1. The second-order valence-electron chi connectivity index (χ2n) is 5.54. The minimum absolute atomic E-state index is 0.227. The number of aromatic nitrogens is 3. The number of carbonyl (C=O) groups is 1. The van der Waals surface area contributed by atoms with Gasteiger partial charge in [0, 0.05) is 29.2 Å². The molecule has 0 saturated heterocycles. The van der Waals surface area contributed by atoms with Gasteiger partial charge in [-0.05, 0) is 36.4 Å². The highest BCUT2D eigenvalue weighted by Crippen LogP contribution is 2.22. The summed E-state index contributed by atoms with van der Waals surface area (Å²) in [5.41, 5.74) is 3.70. The first kappa shape index (κ1) is 14.9. The summed E-state index contributed by atoms with van der Waals surface area (Å²) >= 11 is 0. The van der Waals surface area contributed by atoms with E-state index in [2.05, 4.69) is 25.8 Å². The van der Waals surface area contributed by atoms with Gasteiger partial charge in [0.05, 0.1) is 23.0 Å². The third-order valence-corrected chi connectivity index (χ3v) is 3.82. The van der Waals surface area contributed by atoms with Crippen molar-refractivity contribution in [2.24, 2.45) is 0 Å². The first-order chi connectivity index (χ1) is 12.3. The van der Waals surface area contributed by atoms with Crippen molar-refractivity contribution in [3.8, 4) is 0 Å². The van der Waals surface area contributed by atoms with Crippen LogP contribution in [0.1, 0.15) is 10.4 Å². The molecule has 0 bridgehead atoms. The molecule has 0 radical (unpaired) electrons. The number of aromatic amines is 1. The number of benzene rings is 2. The zero-order valence-electron chi connectivity index (χ0n) is 13.2. The van der Waals surface area contributed by atoms with Gasteiger partial charge in [0.2, 0.25) is 0 Å². The van der Waals surface area contributed by atoms with E-state index in [4.69, 9.17) is 0 Å². The van der Waals surface area contributed by atoms with Crippen molar-refractivity contribution in [3.63, 3.8) is 0 Å². The van der Waals surface area contributed by atoms with E-state index in [0.29, 0.717) is 16.9 Å². The molecule has 4 aromatic rings. The van der Waals surface area contributed by atoms with Gasteiger partial charge in [0.15, 0.2) is 0 Å². The molecule has 0 saturated carbocycles. The number of hydrogen-bond acceptors (Lipinski definition) is 4. The Bertz CT molecular complexity index is 1030. The molecule has 6 nitrogen and oxygen atoms in total. The maximum atomic E-state index is 12.7. The molecule has 1 amide bonds. The summed E-state index contributed by atoms with van der Waals surface area (Å²) in [5.74, 6) is -0.227. The van der Waals surface area contributed by atoms with Gasteiger partial charge in [-0.15, -0.1) is 0 Å². The summed E-state index contributed by atoms with van der Waals surface area (Å²) in [6.07, 6.45) is 4.92. The van der Waals surface area contributed by atoms with E-state index in [1.807, 2.05) is 48.5 Å². The van der Waals surface area contributed by atoms with E-state index in [9.17, 15) is 4.79 Å². The number of nitrogens with zero attached hydrogens (tertiary/aromatic N) is 2. The van der Waals surface area contributed by atoms with Crippen LogP contribution in [0.5, 0.6) is 0 Å². The Morgan fingerprint density at radius 3 is 2.72 bits per heavy atom. The maximum absolute atomic E-state index is 12.7. The lowest BCUT2D eigenvalue weighted by atomic mass is 10.2. The molecule has 0 spiro atoms. The minimum atomic E-state index is -0.227. The van der Waals surface area contributed by atoms with Crippen LogP contribution in [0.2, 0.25) is 0 Å². The van der Waals surface area contributed by atoms with Crippen molar-refractivity contribution in [1.82, 2.24) is 15.2 Å². The summed E-state index contributed by atoms with van der Waals surface area (Å²) in [7, 11) is 0. The average Bonchev–Trinajstić information content (AvgIpc) is 3.11. The van der Waals surface area contributed by atoms with E-state index in [1.54, 1.807) is 24.7 Å². The molecule has 6 heteroatoms. The van der Waals surface area contributed by atoms with Gasteiger partial charge in [-0.1, -0.05) is 18.2 Å². The van der Waals surface area contributed by atoms with Gasteiger partial charge in [-0.3, -0.25) is 14.9 Å². The number of hydrogen-bond donors (Lipinski definition) is 3. The third-order valence-electron chi connectivity index (χ3n) is 3.82. The molecule has 2 heterocycles. The SMILES string of the molecule is O=C(Nc1ccc2[nH]ncc2c1)c1cnccc1Nc1ccccc1. The highest BCUT2D eigenvalue weighted by Gasteiger charge is 2.12. The molecule has 4 rings (SSSR count). The lowest BCUT2D eigenvalue weighted by Gasteiger charge is -2.12. The molecule has 122 valence electrons. The topological polar surface area (TPSA) is 82.7 Å². The highest BCUT2D eigenvalue weighted by molar-refractivity contribution is 6.08. The van der Waals surface area contributed by atoms with Gasteiger partial charge >= 0.3 is 0 Å². The standard InChI is InChI=1S/C19H15N5O/c25-19(23-15-6-7-17-13(10-15)11-21-24-17)16-12-20-9-8-18(16)22-14-4-2-1-3-5-14/h1-12H,(H,20,22)(H,21,24)(H,23,25). The van der Waals surface area contributed by atoms with Crippen LogP contribution in [0.25, 0.3) is 10.9 Å². The number of nitrogens with one attached hydrogen (secondary N) is 3. The Kier molecular flexibility index (Phi) is 3.84. The molecule has 0 aliphatic heterocycles. The Morgan fingerprint density at radius 1 is 0.960 bits per heavy atom. The normalized spacial score (nSPS) is 10.6. The van der Waals surface area contributed by atoms with Gasteiger partial charge in [-0.2, -0.15) is 5.10 Å². The molecule has 3 N–H and O–H groups in total. The largest absolute Gasteiger partial charge is 0.355 e. The van der Waals surface area contributed by atoms with Crippen LogP contribution in [0.4, 0.5) is 17.1 Å². The highest BCUT2D eigenvalue weighted by atomic mass is 16.1. The van der Waals surface area contributed by atoms with Crippen LogP contribution in [-0.4, -0.2) is 21.1 Å². The fourth-order valence-electron chi connectivity index (χ4n) is 2.58. The summed E-state index contributed by atoms with van der Waals surface area (Å²) in [5, 5.41) is 14.0. The Morgan fingerprint density at radius 2 is 1.84 bits per heavy atom. The first-order valence-corrected chi connectivity index (χ1v) is 7.80. The van der Waals surface area contributed by atoms with Crippen LogP contribution in [-0.2, 0) is 0 Å². The zero-order valence-corrected chi connectivity index (χ0v) is 13.2. The van der Waals surface area contributed by atoms with Crippen LogP contribution >= 0.6 is 0 Å². The fourth-order valence-corrected chi connectivity index (χ4v) is 2.58. The van der Waals surface area contributed by atoms with Gasteiger partial charge in [0.1, 0.15) is 0 Å². The number of anilines is 3. The van der Waals surface area contributed by atoms with Crippen molar-refractivity contribution >= 4 is 33.9 Å². The minimum Gasteiger partial charge on any atom is -0.355 e.